The Labute approximate surface area is 264 Å². The van der Waals surface area contributed by atoms with Gasteiger partial charge in [-0.2, -0.15) is 0 Å². The smallest absolute Gasteiger partial charge is 0.232 e. The lowest BCUT2D eigenvalue weighted by Gasteiger charge is -2.17. The molecule has 4 nitrogen and oxygen atoms in total. The summed E-state index contributed by atoms with van der Waals surface area (Å²) < 4.78 is 0. The van der Waals surface area contributed by atoms with Gasteiger partial charge in [0.25, 0.3) is 0 Å². The van der Waals surface area contributed by atoms with Gasteiger partial charge in [0.2, 0.25) is 11.8 Å². The summed E-state index contributed by atoms with van der Waals surface area (Å²) in [5.74, 6) is -0.627. The average molecular weight is 593 g/mol. The highest BCUT2D eigenvalue weighted by Crippen LogP contribution is 2.16. The molecule has 42 heavy (non-hydrogen) atoms. The molecular formula is C38H76N2O2. The second-order valence-corrected chi connectivity index (χ2v) is 13.1. The maximum atomic E-state index is 13.0. The summed E-state index contributed by atoms with van der Waals surface area (Å²) in [7, 11) is 0. The van der Waals surface area contributed by atoms with Crippen LogP contribution < -0.4 is 10.6 Å². The lowest BCUT2D eigenvalue weighted by Crippen LogP contribution is -2.42. The van der Waals surface area contributed by atoms with Gasteiger partial charge in [-0.25, -0.2) is 0 Å². The summed E-state index contributed by atoms with van der Waals surface area (Å²) in [6.07, 6.45) is 37.8. The summed E-state index contributed by atoms with van der Waals surface area (Å²) in [5.41, 5.74) is 0. The van der Waals surface area contributed by atoms with Crippen LogP contribution in [0.15, 0.2) is 0 Å². The summed E-state index contributed by atoms with van der Waals surface area (Å²) in [6, 6.07) is 0. The van der Waals surface area contributed by atoms with E-state index in [9.17, 15) is 9.59 Å². The molecule has 0 radical (unpaired) electrons. The fourth-order valence-corrected chi connectivity index (χ4v) is 5.93. The Kier molecular flexibility index (Phi) is 33.6. The third kappa shape index (κ3) is 29.0. The van der Waals surface area contributed by atoms with Crippen LogP contribution in [-0.4, -0.2) is 24.9 Å². The lowest BCUT2D eigenvalue weighted by molar-refractivity contribution is -0.135. The van der Waals surface area contributed by atoms with Crippen molar-refractivity contribution in [2.75, 3.05) is 13.1 Å². The van der Waals surface area contributed by atoms with Gasteiger partial charge in [-0.1, -0.05) is 194 Å². The Bertz CT molecular complexity index is 527. The molecule has 0 aromatic carbocycles. The Morgan fingerprint density at radius 3 is 0.881 bits per heavy atom. The number of nitrogens with one attached hydrogen (secondary N) is 2. The number of rotatable bonds is 34. The quantitative estimate of drug-likeness (QED) is 0.0576. The van der Waals surface area contributed by atoms with Crippen molar-refractivity contribution >= 4 is 11.8 Å². The van der Waals surface area contributed by atoms with Crippen LogP contribution >= 0.6 is 0 Å². The summed E-state index contributed by atoms with van der Waals surface area (Å²) in [6.45, 7) is 8.20. The van der Waals surface area contributed by atoms with Crippen molar-refractivity contribution in [1.29, 1.82) is 0 Å². The molecule has 250 valence electrons. The molecule has 0 aliphatic rings. The molecule has 0 heterocycles. The Morgan fingerprint density at radius 1 is 0.357 bits per heavy atom. The van der Waals surface area contributed by atoms with Crippen molar-refractivity contribution in [2.45, 2.75) is 213 Å². The lowest BCUT2D eigenvalue weighted by atomic mass is 9.97. The zero-order chi connectivity index (χ0) is 30.8. The molecule has 0 spiro atoms. The molecule has 0 fully saturated rings. The van der Waals surface area contributed by atoms with Crippen molar-refractivity contribution in [1.82, 2.24) is 10.6 Å². The topological polar surface area (TPSA) is 58.2 Å². The van der Waals surface area contributed by atoms with Crippen LogP contribution in [0.2, 0.25) is 0 Å². The first-order valence-electron chi connectivity index (χ1n) is 19.2. The van der Waals surface area contributed by atoms with Crippen LogP contribution in [0.1, 0.15) is 213 Å². The largest absolute Gasteiger partial charge is 0.355 e. The summed E-state index contributed by atoms with van der Waals surface area (Å²) in [5, 5.41) is 6.23. The first-order chi connectivity index (χ1) is 20.7. The Balaban J connectivity index is 4.22. The third-order valence-corrected chi connectivity index (χ3v) is 8.89. The molecule has 0 saturated heterocycles. The molecule has 0 aliphatic carbocycles. The second-order valence-electron chi connectivity index (χ2n) is 13.1. The van der Waals surface area contributed by atoms with E-state index in [1.807, 2.05) is 0 Å². The maximum absolute atomic E-state index is 13.0. The Hall–Kier alpha value is -1.06. The molecule has 0 rings (SSSR count). The van der Waals surface area contributed by atoms with Crippen LogP contribution in [0.4, 0.5) is 0 Å². The van der Waals surface area contributed by atoms with Crippen molar-refractivity contribution in [3.8, 4) is 0 Å². The predicted molar refractivity (Wildman–Crippen MR) is 185 cm³/mol. The van der Waals surface area contributed by atoms with Gasteiger partial charge >= 0.3 is 0 Å². The molecule has 2 amide bonds. The summed E-state index contributed by atoms with van der Waals surface area (Å²) >= 11 is 0. The van der Waals surface area contributed by atoms with E-state index in [-0.39, 0.29) is 11.8 Å². The van der Waals surface area contributed by atoms with Crippen LogP contribution in [0, 0.1) is 5.92 Å². The molecule has 0 saturated carbocycles. The van der Waals surface area contributed by atoms with E-state index in [4.69, 9.17) is 0 Å². The van der Waals surface area contributed by atoms with E-state index in [2.05, 4.69) is 31.4 Å². The first-order valence-corrected chi connectivity index (χ1v) is 19.2. The van der Waals surface area contributed by atoms with E-state index in [0.717, 1.165) is 25.7 Å². The minimum atomic E-state index is -0.527. The highest BCUT2D eigenvalue weighted by molar-refractivity contribution is 6.00. The highest BCUT2D eigenvalue weighted by atomic mass is 16.2. The normalized spacial score (nSPS) is 11.3. The average Bonchev–Trinajstić information content (AvgIpc) is 2.99. The van der Waals surface area contributed by atoms with Crippen LogP contribution in [0.3, 0.4) is 0 Å². The fraction of sp³-hybridized carbons (Fsp3) is 0.947. The second kappa shape index (κ2) is 34.4. The first kappa shape index (κ1) is 40.9. The number of carbonyl (C=O) groups is 2. The van der Waals surface area contributed by atoms with Gasteiger partial charge in [-0.05, 0) is 19.3 Å². The number of carbonyl (C=O) groups excluding carboxylic acids is 2. The minimum Gasteiger partial charge on any atom is -0.355 e. The van der Waals surface area contributed by atoms with E-state index in [0.29, 0.717) is 19.5 Å². The third-order valence-electron chi connectivity index (χ3n) is 8.89. The maximum Gasteiger partial charge on any atom is 0.232 e. The zero-order valence-electron chi connectivity index (χ0n) is 29.0. The fourth-order valence-electron chi connectivity index (χ4n) is 5.93. The van der Waals surface area contributed by atoms with Crippen molar-refractivity contribution in [3.05, 3.63) is 0 Å². The monoisotopic (exact) mass is 593 g/mol. The van der Waals surface area contributed by atoms with Gasteiger partial charge in [-0.3, -0.25) is 9.59 Å². The van der Waals surface area contributed by atoms with E-state index >= 15 is 0 Å². The molecule has 0 unspecified atom stereocenters. The Morgan fingerprint density at radius 2 is 0.595 bits per heavy atom. The molecule has 2 N–H and O–H groups in total. The van der Waals surface area contributed by atoms with Crippen molar-refractivity contribution in [2.24, 2.45) is 5.92 Å². The molecule has 0 aromatic heterocycles. The van der Waals surface area contributed by atoms with E-state index in [1.54, 1.807) is 0 Å². The van der Waals surface area contributed by atoms with Crippen molar-refractivity contribution < 1.29 is 9.59 Å². The number of unbranched alkanes of at least 4 members (excludes halogenated alkanes) is 26. The molecule has 0 atom stereocenters. The number of hydrogen-bond donors (Lipinski definition) is 2. The number of hydrogen-bond acceptors (Lipinski definition) is 2. The zero-order valence-corrected chi connectivity index (χ0v) is 29.0. The van der Waals surface area contributed by atoms with Gasteiger partial charge in [0.15, 0.2) is 0 Å². The van der Waals surface area contributed by atoms with Crippen LogP contribution in [-0.2, 0) is 9.59 Å². The van der Waals surface area contributed by atoms with Crippen LogP contribution in [0.25, 0.3) is 0 Å². The standard InChI is InChI=1S/C38H76N2O2/c1-4-7-10-13-16-19-22-25-28-31-34-39-37(41)36(33-30-27-24-21-18-15-12-9-6-3)38(42)40-35-32-29-26-23-20-17-14-11-8-5-2/h36H,4-35H2,1-3H3,(H,39,41)(H,40,42). The molecule has 0 aromatic rings. The van der Waals surface area contributed by atoms with Gasteiger partial charge in [0.1, 0.15) is 5.92 Å². The minimum absolute atomic E-state index is 0.0499. The van der Waals surface area contributed by atoms with Crippen molar-refractivity contribution in [3.63, 3.8) is 0 Å². The predicted octanol–water partition coefficient (Wildman–Crippen LogP) is 11.6. The molecule has 0 aliphatic heterocycles. The summed E-state index contributed by atoms with van der Waals surface area (Å²) in [4.78, 5) is 26.1. The number of amides is 2. The van der Waals surface area contributed by atoms with Crippen LogP contribution in [0.5, 0.6) is 0 Å². The van der Waals surface area contributed by atoms with Gasteiger partial charge < -0.3 is 10.6 Å². The molecular weight excluding hydrogens is 516 g/mol. The van der Waals surface area contributed by atoms with E-state index in [1.165, 1.54) is 161 Å². The highest BCUT2D eigenvalue weighted by Gasteiger charge is 2.25. The SMILES string of the molecule is CCCCCCCCCCCCNC(=O)C(CCCCCCCCCCC)C(=O)NCCCCCCCCCCCC. The van der Waals surface area contributed by atoms with Gasteiger partial charge in [0, 0.05) is 13.1 Å². The molecule has 4 heteroatoms. The molecule has 0 bridgehead atoms. The van der Waals surface area contributed by atoms with Gasteiger partial charge in [-0.15, -0.1) is 0 Å². The van der Waals surface area contributed by atoms with E-state index < -0.39 is 5.92 Å². The van der Waals surface area contributed by atoms with Gasteiger partial charge in [0.05, 0.1) is 0 Å².